The van der Waals surface area contributed by atoms with Crippen LogP contribution in [0.3, 0.4) is 0 Å². The molecule has 4 nitrogen and oxygen atoms in total. The number of nitrogens with zero attached hydrogens (tertiary/aromatic N) is 2. The van der Waals surface area contributed by atoms with Gasteiger partial charge in [-0.25, -0.2) is 0 Å². The number of hydrogen-bond donors (Lipinski definition) is 0. The van der Waals surface area contributed by atoms with E-state index in [1.54, 1.807) is 11.3 Å². The third-order valence-electron chi connectivity index (χ3n) is 3.17. The minimum absolute atomic E-state index is 0.171. The Morgan fingerprint density at radius 1 is 1.53 bits per heavy atom. The molecule has 0 amide bonds. The molecule has 2 aromatic heterocycles. The van der Waals surface area contributed by atoms with Crippen LogP contribution in [0.4, 0.5) is 0 Å². The lowest BCUT2D eigenvalue weighted by Gasteiger charge is -2.02. The van der Waals surface area contributed by atoms with Crippen LogP contribution in [0.1, 0.15) is 42.5 Å². The zero-order valence-corrected chi connectivity index (χ0v) is 10.4. The van der Waals surface area contributed by atoms with Gasteiger partial charge in [0.1, 0.15) is 0 Å². The summed E-state index contributed by atoms with van der Waals surface area (Å²) in [4.78, 5) is 4.50. The van der Waals surface area contributed by atoms with Crippen LogP contribution < -0.4 is 0 Å². The molecule has 0 aromatic carbocycles. The van der Waals surface area contributed by atoms with Crippen LogP contribution in [0.2, 0.25) is 0 Å². The van der Waals surface area contributed by atoms with Crippen LogP contribution in [0.25, 0.3) is 0 Å². The standard InChI is InChI=1S/C12H14N2O2S/c1-8(10-3-5-17-7-10)12-13-11(14-16-12)9-2-4-15-6-9/h3,5,7-9H,2,4,6H2,1H3. The Kier molecular flexibility index (Phi) is 2.94. The minimum atomic E-state index is 0.171. The van der Waals surface area contributed by atoms with E-state index in [0.717, 1.165) is 18.9 Å². The van der Waals surface area contributed by atoms with Gasteiger partial charge < -0.3 is 9.26 Å². The van der Waals surface area contributed by atoms with Gasteiger partial charge in [-0.2, -0.15) is 16.3 Å². The van der Waals surface area contributed by atoms with Crippen LogP contribution >= 0.6 is 11.3 Å². The summed E-state index contributed by atoms with van der Waals surface area (Å²) in [6.45, 7) is 3.60. The van der Waals surface area contributed by atoms with Crippen LogP contribution in [0, 0.1) is 0 Å². The second kappa shape index (κ2) is 4.58. The van der Waals surface area contributed by atoms with Crippen molar-refractivity contribution in [3.05, 3.63) is 34.1 Å². The van der Waals surface area contributed by atoms with Gasteiger partial charge in [0.15, 0.2) is 5.82 Å². The summed E-state index contributed by atoms with van der Waals surface area (Å²) in [5.74, 6) is 1.97. The van der Waals surface area contributed by atoms with Gasteiger partial charge in [-0.3, -0.25) is 0 Å². The lowest BCUT2D eigenvalue weighted by Crippen LogP contribution is -2.01. The highest BCUT2D eigenvalue weighted by Gasteiger charge is 2.25. The maximum Gasteiger partial charge on any atom is 0.233 e. The molecule has 1 fully saturated rings. The van der Waals surface area contributed by atoms with Gasteiger partial charge in [0.05, 0.1) is 12.5 Å². The topological polar surface area (TPSA) is 48.2 Å². The maximum atomic E-state index is 5.35. The highest BCUT2D eigenvalue weighted by molar-refractivity contribution is 7.07. The van der Waals surface area contributed by atoms with Crippen LogP contribution in [0.15, 0.2) is 21.3 Å². The van der Waals surface area contributed by atoms with E-state index in [0.29, 0.717) is 18.4 Å². The first-order valence-corrected chi connectivity index (χ1v) is 6.72. The van der Waals surface area contributed by atoms with Gasteiger partial charge in [-0.05, 0) is 35.7 Å². The predicted molar refractivity (Wildman–Crippen MR) is 64.3 cm³/mol. The first-order valence-electron chi connectivity index (χ1n) is 5.78. The molecule has 0 N–H and O–H groups in total. The zero-order chi connectivity index (χ0) is 11.7. The van der Waals surface area contributed by atoms with Gasteiger partial charge in [0.25, 0.3) is 0 Å². The van der Waals surface area contributed by atoms with Crippen LogP contribution in [-0.4, -0.2) is 23.4 Å². The van der Waals surface area contributed by atoms with Crippen molar-refractivity contribution in [2.24, 2.45) is 0 Å². The average Bonchev–Trinajstić information content (AvgIpc) is 3.09. The van der Waals surface area contributed by atoms with Gasteiger partial charge in [0, 0.05) is 12.5 Å². The second-order valence-corrected chi connectivity index (χ2v) is 5.11. The van der Waals surface area contributed by atoms with E-state index >= 15 is 0 Å². The molecule has 1 aliphatic rings. The number of thiophene rings is 1. The van der Waals surface area contributed by atoms with Crippen molar-refractivity contribution in [3.8, 4) is 0 Å². The number of ether oxygens (including phenoxy) is 1. The Bertz CT molecular complexity index is 474. The van der Waals surface area contributed by atoms with E-state index in [2.05, 4.69) is 33.9 Å². The highest BCUT2D eigenvalue weighted by atomic mass is 32.1. The Morgan fingerprint density at radius 2 is 2.47 bits per heavy atom. The van der Waals surface area contributed by atoms with Crippen molar-refractivity contribution in [2.75, 3.05) is 13.2 Å². The summed E-state index contributed by atoms with van der Waals surface area (Å²) in [5.41, 5.74) is 1.23. The van der Waals surface area contributed by atoms with Crippen molar-refractivity contribution >= 4 is 11.3 Å². The average molecular weight is 250 g/mol. The van der Waals surface area contributed by atoms with E-state index in [1.165, 1.54) is 5.56 Å². The number of hydrogen-bond acceptors (Lipinski definition) is 5. The van der Waals surface area contributed by atoms with Gasteiger partial charge >= 0.3 is 0 Å². The molecule has 0 aliphatic carbocycles. The molecule has 90 valence electrons. The summed E-state index contributed by atoms with van der Waals surface area (Å²) < 4.78 is 10.7. The predicted octanol–water partition coefficient (Wildman–Crippen LogP) is 2.79. The number of rotatable bonds is 3. The van der Waals surface area contributed by atoms with Crippen molar-refractivity contribution in [1.29, 1.82) is 0 Å². The van der Waals surface area contributed by atoms with E-state index < -0.39 is 0 Å². The molecule has 2 atom stereocenters. The molecule has 2 unspecified atom stereocenters. The van der Waals surface area contributed by atoms with Crippen molar-refractivity contribution < 1.29 is 9.26 Å². The van der Waals surface area contributed by atoms with Crippen LogP contribution in [-0.2, 0) is 4.74 Å². The van der Waals surface area contributed by atoms with Crippen LogP contribution in [0.5, 0.6) is 0 Å². The SMILES string of the molecule is CC(c1ccsc1)c1nc(C2CCOC2)no1. The molecule has 1 saturated heterocycles. The molecule has 0 radical (unpaired) electrons. The molecule has 0 saturated carbocycles. The molecule has 2 aromatic rings. The Morgan fingerprint density at radius 3 is 3.18 bits per heavy atom. The Hall–Kier alpha value is -1.20. The fourth-order valence-electron chi connectivity index (χ4n) is 1.99. The van der Waals surface area contributed by atoms with Crippen molar-refractivity contribution in [2.45, 2.75) is 25.2 Å². The quantitative estimate of drug-likeness (QED) is 0.840. The molecule has 3 rings (SSSR count). The fourth-order valence-corrected chi connectivity index (χ4v) is 2.75. The zero-order valence-electron chi connectivity index (χ0n) is 9.63. The minimum Gasteiger partial charge on any atom is -0.381 e. The highest BCUT2D eigenvalue weighted by Crippen LogP contribution is 2.27. The summed E-state index contributed by atoms with van der Waals surface area (Å²) in [6, 6.07) is 2.10. The molecule has 1 aliphatic heterocycles. The van der Waals surface area contributed by atoms with E-state index in [-0.39, 0.29) is 5.92 Å². The molecule has 0 bridgehead atoms. The van der Waals surface area contributed by atoms with Gasteiger partial charge in [0.2, 0.25) is 5.89 Å². The molecular weight excluding hydrogens is 236 g/mol. The van der Waals surface area contributed by atoms with Crippen molar-refractivity contribution in [1.82, 2.24) is 10.1 Å². The largest absolute Gasteiger partial charge is 0.381 e. The molecule has 0 spiro atoms. The monoisotopic (exact) mass is 250 g/mol. The first kappa shape index (κ1) is 10.9. The lowest BCUT2D eigenvalue weighted by atomic mass is 10.1. The van der Waals surface area contributed by atoms with E-state index in [9.17, 15) is 0 Å². The van der Waals surface area contributed by atoms with E-state index in [1.807, 2.05) is 0 Å². The normalized spacial score (nSPS) is 21.8. The Balaban J connectivity index is 1.80. The van der Waals surface area contributed by atoms with Gasteiger partial charge in [-0.1, -0.05) is 5.16 Å². The molecule has 17 heavy (non-hydrogen) atoms. The third kappa shape index (κ3) is 2.12. The summed E-state index contributed by atoms with van der Waals surface area (Å²) in [6.07, 6.45) is 0.992. The summed E-state index contributed by atoms with van der Waals surface area (Å²) in [7, 11) is 0. The fraction of sp³-hybridized carbons (Fsp3) is 0.500. The van der Waals surface area contributed by atoms with Gasteiger partial charge in [-0.15, -0.1) is 0 Å². The molecule has 3 heterocycles. The molecule has 5 heteroatoms. The first-order chi connectivity index (χ1) is 8.34. The molecular formula is C12H14N2O2S. The second-order valence-electron chi connectivity index (χ2n) is 4.33. The maximum absolute atomic E-state index is 5.35. The van der Waals surface area contributed by atoms with E-state index in [4.69, 9.17) is 9.26 Å². The lowest BCUT2D eigenvalue weighted by molar-refractivity contribution is 0.192. The number of aromatic nitrogens is 2. The van der Waals surface area contributed by atoms with Crippen molar-refractivity contribution in [3.63, 3.8) is 0 Å². The smallest absolute Gasteiger partial charge is 0.233 e. The summed E-state index contributed by atoms with van der Waals surface area (Å²) >= 11 is 1.68. The third-order valence-corrected chi connectivity index (χ3v) is 3.87. The Labute approximate surface area is 104 Å². The summed E-state index contributed by atoms with van der Waals surface area (Å²) in [5, 5.41) is 8.25.